The maximum Gasteiger partial charge on any atom is 0.220 e. The van der Waals surface area contributed by atoms with E-state index >= 15 is 0 Å². The third kappa shape index (κ3) is 7.62. The van der Waals surface area contributed by atoms with Gasteiger partial charge in [-0.15, -0.1) is 0 Å². The van der Waals surface area contributed by atoms with Crippen molar-refractivity contribution in [1.82, 2.24) is 5.32 Å². The summed E-state index contributed by atoms with van der Waals surface area (Å²) in [5.41, 5.74) is 8.00. The van der Waals surface area contributed by atoms with E-state index in [1.54, 1.807) is 0 Å². The number of carbonyl (C=O) groups excluding carboxylic acids is 1. The molecule has 0 aliphatic rings. The Morgan fingerprint density at radius 1 is 1.11 bits per heavy atom. The van der Waals surface area contributed by atoms with Crippen molar-refractivity contribution in [2.75, 3.05) is 13.1 Å². The lowest BCUT2D eigenvalue weighted by molar-refractivity contribution is -0.121. The zero-order chi connectivity index (χ0) is 13.9. The van der Waals surface area contributed by atoms with Crippen molar-refractivity contribution in [1.29, 1.82) is 0 Å². The summed E-state index contributed by atoms with van der Waals surface area (Å²) in [6.45, 7) is 3.61. The van der Waals surface area contributed by atoms with Gasteiger partial charge in [0.05, 0.1) is 0 Å². The average molecular weight is 262 g/mol. The van der Waals surface area contributed by atoms with Crippen molar-refractivity contribution in [3.63, 3.8) is 0 Å². The van der Waals surface area contributed by atoms with Crippen molar-refractivity contribution in [2.45, 2.75) is 45.4 Å². The number of hydrogen-bond donors (Lipinski definition) is 2. The summed E-state index contributed by atoms with van der Waals surface area (Å²) >= 11 is 0. The largest absolute Gasteiger partial charge is 0.356 e. The Morgan fingerprint density at radius 2 is 1.84 bits per heavy atom. The van der Waals surface area contributed by atoms with E-state index in [0.29, 0.717) is 6.42 Å². The molecule has 0 aliphatic heterocycles. The van der Waals surface area contributed by atoms with Crippen molar-refractivity contribution in [3.8, 4) is 0 Å². The molecule has 0 spiro atoms. The van der Waals surface area contributed by atoms with Crippen LogP contribution in [0.4, 0.5) is 0 Å². The van der Waals surface area contributed by atoms with E-state index < -0.39 is 0 Å². The lowest BCUT2D eigenvalue weighted by Gasteiger charge is -2.05. The first-order valence-electron chi connectivity index (χ1n) is 7.24. The van der Waals surface area contributed by atoms with Gasteiger partial charge < -0.3 is 11.1 Å². The number of nitrogens with two attached hydrogens (primary N) is 1. The van der Waals surface area contributed by atoms with Crippen LogP contribution < -0.4 is 11.1 Å². The van der Waals surface area contributed by atoms with Gasteiger partial charge in [0.2, 0.25) is 5.91 Å². The van der Waals surface area contributed by atoms with Crippen molar-refractivity contribution < 1.29 is 4.79 Å². The Bertz CT molecular complexity index is 360. The van der Waals surface area contributed by atoms with Gasteiger partial charge in [-0.1, -0.05) is 36.2 Å². The molecule has 0 fully saturated rings. The zero-order valence-electron chi connectivity index (χ0n) is 12.0. The molecule has 3 nitrogen and oxygen atoms in total. The predicted molar refractivity (Wildman–Crippen MR) is 80.0 cm³/mol. The van der Waals surface area contributed by atoms with Crippen LogP contribution in [0, 0.1) is 6.92 Å². The summed E-state index contributed by atoms with van der Waals surface area (Å²) in [7, 11) is 0. The fourth-order valence-corrected chi connectivity index (χ4v) is 1.97. The highest BCUT2D eigenvalue weighted by molar-refractivity contribution is 5.75. The van der Waals surface area contributed by atoms with E-state index in [4.69, 9.17) is 5.73 Å². The Kier molecular flexibility index (Phi) is 7.91. The summed E-state index contributed by atoms with van der Waals surface area (Å²) in [5.74, 6) is 0.167. The number of hydrogen-bond acceptors (Lipinski definition) is 2. The summed E-state index contributed by atoms with van der Waals surface area (Å²) in [6, 6.07) is 8.51. The van der Waals surface area contributed by atoms with Crippen LogP contribution >= 0.6 is 0 Å². The van der Waals surface area contributed by atoms with E-state index in [1.165, 1.54) is 11.1 Å². The lowest BCUT2D eigenvalue weighted by Crippen LogP contribution is -2.24. The third-order valence-electron chi connectivity index (χ3n) is 3.19. The smallest absolute Gasteiger partial charge is 0.220 e. The van der Waals surface area contributed by atoms with Gasteiger partial charge >= 0.3 is 0 Å². The molecule has 0 aromatic heterocycles. The van der Waals surface area contributed by atoms with E-state index in [9.17, 15) is 4.79 Å². The molecule has 0 radical (unpaired) electrons. The first kappa shape index (κ1) is 15.7. The van der Waals surface area contributed by atoms with E-state index in [2.05, 4.69) is 36.5 Å². The summed E-state index contributed by atoms with van der Waals surface area (Å²) in [5, 5.41) is 2.96. The Hall–Kier alpha value is -1.35. The number of amides is 1. The molecule has 0 saturated heterocycles. The summed E-state index contributed by atoms with van der Waals surface area (Å²) in [6.07, 6.45) is 5.67. The van der Waals surface area contributed by atoms with Crippen LogP contribution in [0.15, 0.2) is 24.3 Å². The molecule has 0 unspecified atom stereocenters. The Morgan fingerprint density at radius 3 is 2.53 bits per heavy atom. The monoisotopic (exact) mass is 262 g/mol. The molecule has 3 heteroatoms. The van der Waals surface area contributed by atoms with Gasteiger partial charge in [0.1, 0.15) is 0 Å². The Balaban J connectivity index is 2.05. The number of rotatable bonds is 9. The normalized spacial score (nSPS) is 10.4. The van der Waals surface area contributed by atoms with Gasteiger partial charge in [0.25, 0.3) is 0 Å². The molecule has 1 aromatic carbocycles. The number of carbonyl (C=O) groups is 1. The third-order valence-corrected chi connectivity index (χ3v) is 3.19. The molecule has 19 heavy (non-hydrogen) atoms. The molecular formula is C16H26N2O. The minimum Gasteiger partial charge on any atom is -0.356 e. The highest BCUT2D eigenvalue weighted by Gasteiger charge is 2.01. The lowest BCUT2D eigenvalue weighted by atomic mass is 10.1. The van der Waals surface area contributed by atoms with Crippen molar-refractivity contribution in [3.05, 3.63) is 35.4 Å². The maximum atomic E-state index is 11.6. The van der Waals surface area contributed by atoms with E-state index in [0.717, 1.165) is 45.2 Å². The molecule has 0 atom stereocenters. The SMILES string of the molecule is Cc1ccc(CCCC(=O)NCCCCCN)cc1. The second kappa shape index (κ2) is 9.56. The zero-order valence-corrected chi connectivity index (χ0v) is 12.0. The first-order valence-corrected chi connectivity index (χ1v) is 7.24. The summed E-state index contributed by atoms with van der Waals surface area (Å²) in [4.78, 5) is 11.6. The molecule has 0 saturated carbocycles. The van der Waals surface area contributed by atoms with Gasteiger partial charge in [0.15, 0.2) is 0 Å². The highest BCUT2D eigenvalue weighted by atomic mass is 16.1. The van der Waals surface area contributed by atoms with Crippen LogP contribution in [-0.2, 0) is 11.2 Å². The number of unbranched alkanes of at least 4 members (excludes halogenated alkanes) is 2. The fourth-order valence-electron chi connectivity index (χ4n) is 1.97. The van der Waals surface area contributed by atoms with Gasteiger partial charge in [-0.25, -0.2) is 0 Å². The maximum absolute atomic E-state index is 11.6. The minimum atomic E-state index is 0.167. The van der Waals surface area contributed by atoms with E-state index in [1.807, 2.05) is 0 Å². The molecule has 1 amide bonds. The second-order valence-electron chi connectivity index (χ2n) is 5.04. The molecule has 0 aliphatic carbocycles. The van der Waals surface area contributed by atoms with Crippen LogP contribution in [0.3, 0.4) is 0 Å². The molecule has 106 valence electrons. The van der Waals surface area contributed by atoms with Gasteiger partial charge in [-0.3, -0.25) is 4.79 Å². The van der Waals surface area contributed by atoms with Gasteiger partial charge in [-0.2, -0.15) is 0 Å². The van der Waals surface area contributed by atoms with Crippen LogP contribution in [0.2, 0.25) is 0 Å². The first-order chi connectivity index (χ1) is 9.22. The van der Waals surface area contributed by atoms with Crippen LogP contribution in [0.1, 0.15) is 43.2 Å². The minimum absolute atomic E-state index is 0.167. The summed E-state index contributed by atoms with van der Waals surface area (Å²) < 4.78 is 0. The standard InChI is InChI=1S/C16H26N2O/c1-14-8-10-15(11-9-14)6-5-7-16(19)18-13-4-2-3-12-17/h8-11H,2-7,12-13,17H2,1H3,(H,18,19). The fraction of sp³-hybridized carbons (Fsp3) is 0.562. The molecule has 3 N–H and O–H groups in total. The number of benzene rings is 1. The predicted octanol–water partition coefficient (Wildman–Crippen LogP) is 2.56. The van der Waals surface area contributed by atoms with Crippen LogP contribution in [0.25, 0.3) is 0 Å². The van der Waals surface area contributed by atoms with Crippen molar-refractivity contribution >= 4 is 5.91 Å². The van der Waals surface area contributed by atoms with E-state index in [-0.39, 0.29) is 5.91 Å². The second-order valence-corrected chi connectivity index (χ2v) is 5.04. The number of aryl methyl sites for hydroxylation is 2. The van der Waals surface area contributed by atoms with Crippen LogP contribution in [-0.4, -0.2) is 19.0 Å². The highest BCUT2D eigenvalue weighted by Crippen LogP contribution is 2.07. The molecule has 1 rings (SSSR count). The molecule has 1 aromatic rings. The van der Waals surface area contributed by atoms with Gasteiger partial charge in [0, 0.05) is 13.0 Å². The van der Waals surface area contributed by atoms with Gasteiger partial charge in [-0.05, 0) is 44.7 Å². The quantitative estimate of drug-likeness (QED) is 0.672. The molecular weight excluding hydrogens is 236 g/mol. The van der Waals surface area contributed by atoms with Crippen LogP contribution in [0.5, 0.6) is 0 Å². The molecule has 0 bridgehead atoms. The Labute approximate surface area is 116 Å². The van der Waals surface area contributed by atoms with Crippen molar-refractivity contribution in [2.24, 2.45) is 5.73 Å². The molecule has 0 heterocycles. The topological polar surface area (TPSA) is 55.1 Å². The average Bonchev–Trinajstić information content (AvgIpc) is 2.41. The number of nitrogens with one attached hydrogen (secondary N) is 1.